The normalized spacial score (nSPS) is 17.2. The molecule has 0 radical (unpaired) electrons. The van der Waals surface area contributed by atoms with Crippen LogP contribution in [0, 0.1) is 13.8 Å². The average molecular weight is 458 g/mol. The van der Waals surface area contributed by atoms with Crippen molar-refractivity contribution in [1.29, 1.82) is 0 Å². The van der Waals surface area contributed by atoms with Crippen LogP contribution in [0.5, 0.6) is 11.5 Å². The van der Waals surface area contributed by atoms with Crippen molar-refractivity contribution in [3.05, 3.63) is 94.6 Å². The number of amides is 1. The number of anilines is 1. The van der Waals surface area contributed by atoms with Gasteiger partial charge in [0.05, 0.1) is 25.3 Å². The van der Waals surface area contributed by atoms with E-state index in [1.54, 1.807) is 49.6 Å². The quantitative estimate of drug-likeness (QED) is 0.307. The molecule has 3 aromatic rings. The summed E-state index contributed by atoms with van der Waals surface area (Å²) in [4.78, 5) is 28.1. The van der Waals surface area contributed by atoms with Crippen LogP contribution in [0.1, 0.15) is 35.2 Å². The molecule has 1 aliphatic heterocycles. The van der Waals surface area contributed by atoms with Crippen molar-refractivity contribution in [3.8, 4) is 11.5 Å². The molecule has 1 saturated heterocycles. The molecule has 1 amide bonds. The fraction of sp³-hybridized carbons (Fsp3) is 0.214. The number of ether oxygens (including phenoxy) is 2. The minimum Gasteiger partial charge on any atom is -0.507 e. The largest absolute Gasteiger partial charge is 0.507 e. The second kappa shape index (κ2) is 9.43. The van der Waals surface area contributed by atoms with E-state index in [4.69, 9.17) is 9.47 Å². The van der Waals surface area contributed by atoms with Crippen molar-refractivity contribution >= 4 is 23.1 Å². The Labute approximate surface area is 199 Å². The van der Waals surface area contributed by atoms with Gasteiger partial charge in [0.2, 0.25) is 0 Å². The van der Waals surface area contributed by atoms with E-state index in [9.17, 15) is 14.7 Å². The number of aryl methyl sites for hydroxylation is 2. The van der Waals surface area contributed by atoms with E-state index in [-0.39, 0.29) is 11.3 Å². The maximum Gasteiger partial charge on any atom is 0.300 e. The van der Waals surface area contributed by atoms with E-state index in [1.807, 2.05) is 45.0 Å². The summed E-state index contributed by atoms with van der Waals surface area (Å²) in [6.07, 6.45) is 0. The van der Waals surface area contributed by atoms with E-state index >= 15 is 0 Å². The van der Waals surface area contributed by atoms with Gasteiger partial charge in [0.15, 0.2) is 0 Å². The monoisotopic (exact) mass is 457 g/mol. The minimum absolute atomic E-state index is 0.0284. The Balaban J connectivity index is 1.91. The molecule has 1 fully saturated rings. The van der Waals surface area contributed by atoms with Gasteiger partial charge in [-0.1, -0.05) is 18.2 Å². The summed E-state index contributed by atoms with van der Waals surface area (Å²) in [5, 5.41) is 11.3. The summed E-state index contributed by atoms with van der Waals surface area (Å²) in [6.45, 7) is 6.34. The van der Waals surface area contributed by atoms with Crippen molar-refractivity contribution in [2.75, 3.05) is 18.6 Å². The maximum absolute atomic E-state index is 13.3. The molecule has 0 bridgehead atoms. The second-order valence-electron chi connectivity index (χ2n) is 8.17. The number of ketones is 1. The Morgan fingerprint density at radius 1 is 0.941 bits per heavy atom. The summed E-state index contributed by atoms with van der Waals surface area (Å²) in [7, 11) is 1.55. The number of hydrogen-bond donors (Lipinski definition) is 1. The predicted octanol–water partition coefficient (Wildman–Crippen LogP) is 5.34. The van der Waals surface area contributed by atoms with Crippen molar-refractivity contribution in [2.45, 2.75) is 26.8 Å². The lowest BCUT2D eigenvalue weighted by Gasteiger charge is -2.26. The first kappa shape index (κ1) is 23.1. The van der Waals surface area contributed by atoms with Crippen LogP contribution in [-0.2, 0) is 9.59 Å². The molecule has 3 aromatic carbocycles. The fourth-order valence-electron chi connectivity index (χ4n) is 4.13. The van der Waals surface area contributed by atoms with E-state index < -0.39 is 17.7 Å². The van der Waals surface area contributed by atoms with Crippen molar-refractivity contribution < 1.29 is 24.2 Å². The molecule has 4 rings (SSSR count). The molecular formula is C28H27NO5. The van der Waals surface area contributed by atoms with Gasteiger partial charge in [-0.05, 0) is 86.0 Å². The summed E-state index contributed by atoms with van der Waals surface area (Å²) in [5.41, 5.74) is 3.77. The number of methoxy groups -OCH3 is 1. The molecule has 174 valence electrons. The standard InChI is InChI=1S/C28H27NO5/c1-5-34-22-13-10-19(11-14-22)26(30)24-25(20-7-6-8-23(16-20)33-4)29(28(32)27(24)31)21-12-9-17(2)18(3)15-21/h6-16,25,30H,5H2,1-4H3/b26-24+. The van der Waals surface area contributed by atoms with Gasteiger partial charge in [-0.3, -0.25) is 14.5 Å². The number of nitrogens with zero attached hydrogens (tertiary/aromatic N) is 1. The summed E-state index contributed by atoms with van der Waals surface area (Å²) < 4.78 is 10.9. The van der Waals surface area contributed by atoms with Crippen LogP contribution in [0.25, 0.3) is 5.76 Å². The second-order valence-corrected chi connectivity index (χ2v) is 8.17. The molecule has 0 saturated carbocycles. The van der Waals surface area contributed by atoms with Gasteiger partial charge >= 0.3 is 0 Å². The van der Waals surface area contributed by atoms with Gasteiger partial charge in [0.25, 0.3) is 11.7 Å². The van der Waals surface area contributed by atoms with Gasteiger partial charge in [0.1, 0.15) is 17.3 Å². The third kappa shape index (κ3) is 4.15. The zero-order valence-corrected chi connectivity index (χ0v) is 19.7. The fourth-order valence-corrected chi connectivity index (χ4v) is 4.13. The Kier molecular flexibility index (Phi) is 6.41. The SMILES string of the molecule is CCOc1ccc(/C(O)=C2\C(=O)C(=O)N(c3ccc(C)c(C)c3)C2c2cccc(OC)c2)cc1. The first-order valence-corrected chi connectivity index (χ1v) is 11.1. The van der Waals surface area contributed by atoms with Gasteiger partial charge in [-0.15, -0.1) is 0 Å². The zero-order valence-electron chi connectivity index (χ0n) is 19.7. The molecule has 6 heteroatoms. The lowest BCUT2D eigenvalue weighted by atomic mass is 9.94. The number of carbonyl (C=O) groups excluding carboxylic acids is 2. The third-order valence-electron chi connectivity index (χ3n) is 6.06. The van der Waals surface area contributed by atoms with Gasteiger partial charge in [0, 0.05) is 11.3 Å². The first-order valence-electron chi connectivity index (χ1n) is 11.1. The Morgan fingerprint density at radius 2 is 1.68 bits per heavy atom. The number of benzene rings is 3. The van der Waals surface area contributed by atoms with Gasteiger partial charge in [-0.2, -0.15) is 0 Å². The lowest BCUT2D eigenvalue weighted by molar-refractivity contribution is -0.132. The molecule has 0 aliphatic carbocycles. The van der Waals surface area contributed by atoms with Gasteiger partial charge in [-0.25, -0.2) is 0 Å². The molecule has 34 heavy (non-hydrogen) atoms. The Bertz CT molecular complexity index is 1280. The highest BCUT2D eigenvalue weighted by Crippen LogP contribution is 2.43. The Hall–Kier alpha value is -4.06. The van der Waals surface area contributed by atoms with Crippen LogP contribution in [0.3, 0.4) is 0 Å². The third-order valence-corrected chi connectivity index (χ3v) is 6.06. The van der Waals surface area contributed by atoms with Crippen molar-refractivity contribution in [2.24, 2.45) is 0 Å². The number of Topliss-reactive ketones (excluding diaryl/α,β-unsaturated/α-hetero) is 1. The molecule has 1 unspecified atom stereocenters. The molecule has 1 heterocycles. The van der Waals surface area contributed by atoms with Crippen LogP contribution >= 0.6 is 0 Å². The summed E-state index contributed by atoms with van der Waals surface area (Å²) >= 11 is 0. The molecule has 1 N–H and O–H groups in total. The topological polar surface area (TPSA) is 76.1 Å². The van der Waals surface area contributed by atoms with Gasteiger partial charge < -0.3 is 14.6 Å². The van der Waals surface area contributed by atoms with E-state index in [0.29, 0.717) is 34.9 Å². The molecule has 0 aromatic heterocycles. The highest BCUT2D eigenvalue weighted by atomic mass is 16.5. The highest BCUT2D eigenvalue weighted by molar-refractivity contribution is 6.51. The minimum atomic E-state index is -0.816. The smallest absolute Gasteiger partial charge is 0.300 e. The van der Waals surface area contributed by atoms with Crippen molar-refractivity contribution in [1.82, 2.24) is 0 Å². The molecule has 1 atom stereocenters. The number of carbonyl (C=O) groups is 2. The van der Waals surface area contributed by atoms with E-state index in [1.165, 1.54) is 4.90 Å². The number of hydrogen-bond acceptors (Lipinski definition) is 5. The number of rotatable bonds is 6. The molecule has 1 aliphatic rings. The summed E-state index contributed by atoms with van der Waals surface area (Å²) in [5.74, 6) is -0.426. The first-order chi connectivity index (χ1) is 16.3. The van der Waals surface area contributed by atoms with Crippen LogP contribution in [-0.4, -0.2) is 30.5 Å². The Morgan fingerprint density at radius 3 is 2.32 bits per heavy atom. The van der Waals surface area contributed by atoms with E-state index in [2.05, 4.69) is 0 Å². The number of aliphatic hydroxyl groups is 1. The van der Waals surface area contributed by atoms with Crippen LogP contribution < -0.4 is 14.4 Å². The van der Waals surface area contributed by atoms with Crippen LogP contribution in [0.2, 0.25) is 0 Å². The van der Waals surface area contributed by atoms with Crippen molar-refractivity contribution in [3.63, 3.8) is 0 Å². The molecular weight excluding hydrogens is 430 g/mol. The molecule has 0 spiro atoms. The molecule has 6 nitrogen and oxygen atoms in total. The lowest BCUT2D eigenvalue weighted by Crippen LogP contribution is -2.29. The number of aliphatic hydroxyl groups excluding tert-OH is 1. The van der Waals surface area contributed by atoms with Crippen LogP contribution in [0.15, 0.2) is 72.3 Å². The highest BCUT2D eigenvalue weighted by Gasteiger charge is 2.47. The maximum atomic E-state index is 13.3. The zero-order chi connectivity index (χ0) is 24.4. The van der Waals surface area contributed by atoms with E-state index in [0.717, 1.165) is 11.1 Å². The predicted molar refractivity (Wildman–Crippen MR) is 131 cm³/mol. The summed E-state index contributed by atoms with van der Waals surface area (Å²) in [6, 6.07) is 18.8. The van der Waals surface area contributed by atoms with Crippen LogP contribution in [0.4, 0.5) is 5.69 Å². The average Bonchev–Trinajstić information content (AvgIpc) is 3.11.